The Balaban J connectivity index is 1.23. The molecule has 1 fully saturated rings. The third-order valence-corrected chi connectivity index (χ3v) is 7.12. The molecule has 3 aromatic heterocycles. The number of aryl methyl sites for hydroxylation is 1. The minimum Gasteiger partial charge on any atom is -0.439 e. The summed E-state index contributed by atoms with van der Waals surface area (Å²) in [5, 5.41) is 24.7. The van der Waals surface area contributed by atoms with Crippen LogP contribution in [0.3, 0.4) is 0 Å². The van der Waals surface area contributed by atoms with Gasteiger partial charge in [-0.3, -0.25) is 19.1 Å². The van der Waals surface area contributed by atoms with E-state index in [1.165, 1.54) is 0 Å². The molecule has 1 aliphatic heterocycles. The van der Waals surface area contributed by atoms with Crippen LogP contribution in [-0.4, -0.2) is 55.0 Å². The van der Waals surface area contributed by atoms with Gasteiger partial charge in [0.1, 0.15) is 24.5 Å². The van der Waals surface area contributed by atoms with E-state index in [4.69, 9.17) is 4.74 Å². The summed E-state index contributed by atoms with van der Waals surface area (Å²) in [6.07, 6.45) is 10.4. The Labute approximate surface area is 236 Å². The number of hydrogen-bond acceptors (Lipinski definition) is 9. The van der Waals surface area contributed by atoms with E-state index in [0.29, 0.717) is 45.1 Å². The van der Waals surface area contributed by atoms with Crippen LogP contribution < -0.4 is 15.4 Å². The van der Waals surface area contributed by atoms with Crippen LogP contribution in [0.1, 0.15) is 24.0 Å². The zero-order valence-corrected chi connectivity index (χ0v) is 22.6. The molecule has 204 valence electrons. The molecule has 2 aromatic carbocycles. The fraction of sp³-hybridized carbons (Fsp3) is 0.200. The Hall–Kier alpha value is -5.34. The topological polar surface area (TPSA) is 133 Å². The van der Waals surface area contributed by atoms with Crippen LogP contribution >= 0.6 is 0 Å². The van der Waals surface area contributed by atoms with Crippen LogP contribution in [0.5, 0.6) is 11.6 Å². The first-order valence-electron chi connectivity index (χ1n) is 13.2. The molecule has 11 nitrogen and oxygen atoms in total. The number of ether oxygens (including phenoxy) is 1. The highest BCUT2D eigenvalue weighted by Gasteiger charge is 2.18. The predicted octanol–water partition coefficient (Wildman–Crippen LogP) is 4.98. The van der Waals surface area contributed by atoms with E-state index in [9.17, 15) is 10.1 Å². The van der Waals surface area contributed by atoms with Gasteiger partial charge in [0.15, 0.2) is 5.65 Å². The summed E-state index contributed by atoms with van der Waals surface area (Å²) in [6, 6.07) is 15.3. The minimum absolute atomic E-state index is 0.201. The van der Waals surface area contributed by atoms with Gasteiger partial charge in [0, 0.05) is 41.1 Å². The van der Waals surface area contributed by atoms with E-state index >= 15 is 0 Å². The highest BCUT2D eigenvalue weighted by Crippen LogP contribution is 2.33. The number of pyridine rings is 1. The van der Waals surface area contributed by atoms with Gasteiger partial charge in [-0.2, -0.15) is 5.26 Å². The number of nitriles is 1. The molecule has 0 spiro atoms. The molecule has 0 radical (unpaired) electrons. The highest BCUT2D eigenvalue weighted by atomic mass is 16.5. The minimum atomic E-state index is -0.201. The molecular weight excluding hydrogens is 518 g/mol. The molecule has 1 unspecified atom stereocenters. The zero-order valence-electron chi connectivity index (χ0n) is 22.6. The Morgan fingerprint density at radius 3 is 2.83 bits per heavy atom. The van der Waals surface area contributed by atoms with Crippen LogP contribution in [0.4, 0.5) is 17.1 Å². The van der Waals surface area contributed by atoms with Gasteiger partial charge in [-0.05, 0) is 75.3 Å². The lowest BCUT2D eigenvalue weighted by atomic mass is 10.1. The number of carbonyl (C=O) groups excluding carboxylic acids is 1. The second-order valence-electron chi connectivity index (χ2n) is 9.96. The zero-order chi connectivity index (χ0) is 28.3. The maximum Gasteiger partial charge on any atom is 0.248 e. The first kappa shape index (κ1) is 25.9. The van der Waals surface area contributed by atoms with Crippen LogP contribution in [0.15, 0.2) is 73.5 Å². The molecule has 1 amide bonds. The van der Waals surface area contributed by atoms with Crippen molar-refractivity contribution in [2.45, 2.75) is 25.8 Å². The van der Waals surface area contributed by atoms with Gasteiger partial charge in [-0.1, -0.05) is 6.08 Å². The highest BCUT2D eigenvalue weighted by molar-refractivity contribution is 6.03. The smallest absolute Gasteiger partial charge is 0.248 e. The molecule has 4 heterocycles. The number of aromatic nitrogens is 5. The lowest BCUT2D eigenvalue weighted by molar-refractivity contribution is -0.111. The van der Waals surface area contributed by atoms with E-state index in [-0.39, 0.29) is 11.9 Å². The van der Waals surface area contributed by atoms with Gasteiger partial charge in [0.05, 0.1) is 16.8 Å². The number of nitrogens with zero attached hydrogens (tertiary/aromatic N) is 7. The SMILES string of the molecule is Cc1cc(Nc2c(C#N)cnc3ccc(NC(=O)C=CC4CCCN4C)cc23)ccc1Oc1cc2nncn2cn1. The molecule has 1 atom stereocenters. The van der Waals surface area contributed by atoms with Crippen LogP contribution in [0.2, 0.25) is 0 Å². The van der Waals surface area contributed by atoms with Crippen molar-refractivity contribution in [3.8, 4) is 17.7 Å². The molecule has 1 saturated heterocycles. The number of rotatable bonds is 7. The van der Waals surface area contributed by atoms with Gasteiger partial charge >= 0.3 is 0 Å². The molecule has 2 N–H and O–H groups in total. The van der Waals surface area contributed by atoms with Crippen LogP contribution in [-0.2, 0) is 4.79 Å². The maximum atomic E-state index is 12.6. The summed E-state index contributed by atoms with van der Waals surface area (Å²) in [5.41, 5.74) is 4.55. The molecule has 5 aromatic rings. The largest absolute Gasteiger partial charge is 0.439 e. The molecule has 0 aliphatic carbocycles. The quantitative estimate of drug-likeness (QED) is 0.272. The van der Waals surface area contributed by atoms with Gasteiger partial charge in [0.25, 0.3) is 0 Å². The number of likely N-dealkylation sites (tertiary alicyclic amines) is 1. The summed E-state index contributed by atoms with van der Waals surface area (Å²) in [6.45, 7) is 2.97. The monoisotopic (exact) mass is 545 g/mol. The maximum absolute atomic E-state index is 12.6. The number of amides is 1. The summed E-state index contributed by atoms with van der Waals surface area (Å²) < 4.78 is 7.68. The number of nitrogens with one attached hydrogen (secondary N) is 2. The van der Waals surface area contributed by atoms with E-state index in [0.717, 1.165) is 30.6 Å². The van der Waals surface area contributed by atoms with Crippen molar-refractivity contribution in [1.82, 2.24) is 29.5 Å². The molecule has 1 aliphatic rings. The lowest BCUT2D eigenvalue weighted by Crippen LogP contribution is -2.23. The average Bonchev–Trinajstić information content (AvgIpc) is 3.61. The molecule has 0 saturated carbocycles. The summed E-state index contributed by atoms with van der Waals surface area (Å²) in [5.74, 6) is 0.835. The fourth-order valence-corrected chi connectivity index (χ4v) is 4.92. The summed E-state index contributed by atoms with van der Waals surface area (Å²) in [4.78, 5) is 23.6. The van der Waals surface area contributed by atoms with Crippen LogP contribution in [0.25, 0.3) is 16.6 Å². The molecule has 41 heavy (non-hydrogen) atoms. The molecule has 6 rings (SSSR count). The van der Waals surface area contributed by atoms with Crippen molar-refractivity contribution in [3.63, 3.8) is 0 Å². The van der Waals surface area contributed by atoms with Crippen molar-refractivity contribution < 1.29 is 9.53 Å². The number of anilines is 3. The Morgan fingerprint density at radius 2 is 2.02 bits per heavy atom. The van der Waals surface area contributed by atoms with E-state index in [1.54, 1.807) is 41.5 Å². The Kier molecular flexibility index (Phi) is 6.97. The van der Waals surface area contributed by atoms with Crippen molar-refractivity contribution in [1.29, 1.82) is 5.26 Å². The Bertz CT molecular complexity index is 1840. The second kappa shape index (κ2) is 11.0. The van der Waals surface area contributed by atoms with Gasteiger partial charge < -0.3 is 15.4 Å². The second-order valence-corrected chi connectivity index (χ2v) is 9.96. The van der Waals surface area contributed by atoms with Gasteiger partial charge in [0.2, 0.25) is 11.8 Å². The lowest BCUT2D eigenvalue weighted by Gasteiger charge is -2.15. The standard InChI is InChI=1S/C30H27N9O2/c1-19-12-21(6-9-26(19)41-29-14-27-37-34-18-39(27)17-33-29)36-30-20(15-31)16-32-25-8-5-22(13-24(25)30)35-28(40)10-7-23-4-3-11-38(23)2/h5-10,12-14,16-18,23H,3-4,11H2,1-2H3,(H,32,36)(H,35,40). The Morgan fingerprint density at radius 1 is 1.15 bits per heavy atom. The third-order valence-electron chi connectivity index (χ3n) is 7.12. The summed E-state index contributed by atoms with van der Waals surface area (Å²) in [7, 11) is 2.07. The number of likely N-dealkylation sites (N-methyl/N-ethyl adjacent to an activating group) is 1. The third kappa shape index (κ3) is 5.54. The van der Waals surface area contributed by atoms with Gasteiger partial charge in [-0.15, -0.1) is 10.2 Å². The molecule has 11 heteroatoms. The average molecular weight is 546 g/mol. The number of carbonyl (C=O) groups is 1. The van der Waals surface area contributed by atoms with Crippen molar-refractivity contribution in [3.05, 3.63) is 84.6 Å². The fourth-order valence-electron chi connectivity index (χ4n) is 4.92. The van der Waals surface area contributed by atoms with Gasteiger partial charge in [-0.25, -0.2) is 4.98 Å². The van der Waals surface area contributed by atoms with Crippen molar-refractivity contribution in [2.24, 2.45) is 0 Å². The van der Waals surface area contributed by atoms with Crippen molar-refractivity contribution in [2.75, 3.05) is 24.2 Å². The summed E-state index contributed by atoms with van der Waals surface area (Å²) >= 11 is 0. The number of benzene rings is 2. The number of fused-ring (bicyclic) bond motifs is 2. The normalized spacial score (nSPS) is 15.4. The molecule has 0 bridgehead atoms. The van der Waals surface area contributed by atoms with Crippen molar-refractivity contribution >= 4 is 39.5 Å². The van der Waals surface area contributed by atoms with E-state index < -0.39 is 0 Å². The molecular formula is C30H27N9O2. The van der Waals surface area contributed by atoms with Crippen LogP contribution in [0, 0.1) is 18.3 Å². The number of hydrogen-bond donors (Lipinski definition) is 2. The first-order valence-corrected chi connectivity index (χ1v) is 13.2. The first-order chi connectivity index (χ1) is 20.0. The predicted molar refractivity (Wildman–Crippen MR) is 155 cm³/mol. The van der Waals surface area contributed by atoms with E-state index in [1.807, 2.05) is 43.3 Å². The van der Waals surface area contributed by atoms with E-state index in [2.05, 4.69) is 48.8 Å².